The summed E-state index contributed by atoms with van der Waals surface area (Å²) < 4.78 is 2.14. The molecular weight excluding hydrogens is 268 g/mol. The molecule has 0 bridgehead atoms. The lowest BCUT2D eigenvalue weighted by atomic mass is 10.1. The number of pyridine rings is 1. The maximum absolute atomic E-state index is 2.22. The Labute approximate surface area is 131 Å². The van der Waals surface area contributed by atoms with Crippen LogP contribution in [-0.2, 0) is 7.05 Å². The third-order valence-electron chi connectivity index (χ3n) is 3.89. The van der Waals surface area contributed by atoms with Gasteiger partial charge in [0.05, 0.1) is 0 Å². The van der Waals surface area contributed by atoms with Crippen molar-refractivity contribution in [3.63, 3.8) is 0 Å². The molecule has 2 nitrogen and oxygen atoms in total. The van der Waals surface area contributed by atoms with Gasteiger partial charge in [-0.15, -0.1) is 0 Å². The number of fused-ring (bicyclic) bond motifs is 1. The minimum Gasteiger partial charge on any atom is -0.378 e. The Morgan fingerprint density at radius 1 is 0.864 bits per heavy atom. The summed E-state index contributed by atoms with van der Waals surface area (Å²) in [6, 6.07) is 19.4. The number of hydrogen-bond donors (Lipinski definition) is 0. The van der Waals surface area contributed by atoms with Crippen LogP contribution in [0.3, 0.4) is 0 Å². The highest BCUT2D eigenvalue weighted by atomic mass is 15.1. The number of benzene rings is 2. The van der Waals surface area contributed by atoms with Crippen LogP contribution in [0.25, 0.3) is 23.1 Å². The van der Waals surface area contributed by atoms with Crippen LogP contribution in [0.5, 0.6) is 0 Å². The summed E-state index contributed by atoms with van der Waals surface area (Å²) in [6.07, 6.45) is 6.39. The first-order valence-corrected chi connectivity index (χ1v) is 7.47. The number of rotatable bonds is 3. The molecule has 0 unspecified atom stereocenters. The Bertz CT molecular complexity index is 815. The Kier molecular flexibility index (Phi) is 3.92. The average Bonchev–Trinajstić information content (AvgIpc) is 2.53. The molecule has 1 aromatic heterocycles. The minimum atomic E-state index is 1.21. The summed E-state index contributed by atoms with van der Waals surface area (Å²) in [5.74, 6) is 0. The van der Waals surface area contributed by atoms with Crippen molar-refractivity contribution >= 4 is 28.7 Å². The van der Waals surface area contributed by atoms with Crippen molar-refractivity contribution in [3.8, 4) is 0 Å². The van der Waals surface area contributed by atoms with E-state index in [9.17, 15) is 0 Å². The Morgan fingerprint density at radius 3 is 2.27 bits per heavy atom. The van der Waals surface area contributed by atoms with E-state index >= 15 is 0 Å². The first-order valence-electron chi connectivity index (χ1n) is 7.47. The van der Waals surface area contributed by atoms with Gasteiger partial charge in [-0.25, -0.2) is 4.57 Å². The van der Waals surface area contributed by atoms with Gasteiger partial charge < -0.3 is 4.90 Å². The molecule has 0 aliphatic carbocycles. The molecule has 22 heavy (non-hydrogen) atoms. The second-order valence-corrected chi connectivity index (χ2v) is 5.76. The lowest BCUT2D eigenvalue weighted by molar-refractivity contribution is -0.644. The van der Waals surface area contributed by atoms with E-state index in [-0.39, 0.29) is 0 Å². The third-order valence-corrected chi connectivity index (χ3v) is 3.89. The second kappa shape index (κ2) is 6.02. The maximum Gasteiger partial charge on any atom is 0.212 e. The van der Waals surface area contributed by atoms with Crippen LogP contribution >= 0.6 is 0 Å². The molecule has 3 aromatic rings. The van der Waals surface area contributed by atoms with Gasteiger partial charge >= 0.3 is 0 Å². The SMILES string of the molecule is CN(C)c1ccc(/C=C/c2ccc3c(ccc[n+]3C)c2)cc1. The molecule has 0 aliphatic rings. The van der Waals surface area contributed by atoms with Gasteiger partial charge in [0.15, 0.2) is 6.20 Å². The van der Waals surface area contributed by atoms with Crippen LogP contribution in [0.1, 0.15) is 11.1 Å². The monoisotopic (exact) mass is 289 g/mol. The first kappa shape index (κ1) is 14.3. The standard InChI is InChI=1S/C20H21N2/c1-21(2)19-11-8-16(9-12-19)6-7-17-10-13-20-18(15-17)5-4-14-22(20)3/h4-15H,1-3H3/q+1/b7-6+. The molecule has 0 amide bonds. The van der Waals surface area contributed by atoms with Crippen molar-refractivity contribution in [2.24, 2.45) is 7.05 Å². The van der Waals surface area contributed by atoms with Crippen molar-refractivity contribution in [2.75, 3.05) is 19.0 Å². The van der Waals surface area contributed by atoms with Gasteiger partial charge in [-0.1, -0.05) is 24.3 Å². The van der Waals surface area contributed by atoms with Crippen LogP contribution in [0.4, 0.5) is 5.69 Å². The summed E-state index contributed by atoms with van der Waals surface area (Å²) >= 11 is 0. The van der Waals surface area contributed by atoms with E-state index in [2.05, 4.69) is 104 Å². The molecule has 0 N–H and O–H groups in total. The fourth-order valence-electron chi connectivity index (χ4n) is 2.56. The zero-order valence-corrected chi connectivity index (χ0v) is 13.3. The Morgan fingerprint density at radius 2 is 1.55 bits per heavy atom. The van der Waals surface area contributed by atoms with E-state index in [1.807, 2.05) is 0 Å². The van der Waals surface area contributed by atoms with Gasteiger partial charge in [0.1, 0.15) is 7.05 Å². The second-order valence-electron chi connectivity index (χ2n) is 5.76. The normalized spacial score (nSPS) is 11.2. The van der Waals surface area contributed by atoms with Gasteiger partial charge in [-0.05, 0) is 41.5 Å². The summed E-state index contributed by atoms with van der Waals surface area (Å²) in [7, 11) is 6.18. The number of hydrogen-bond acceptors (Lipinski definition) is 1. The third kappa shape index (κ3) is 3.01. The van der Waals surface area contributed by atoms with Crippen LogP contribution < -0.4 is 9.47 Å². The van der Waals surface area contributed by atoms with Crippen LogP contribution in [0.15, 0.2) is 60.8 Å². The summed E-state index contributed by atoms with van der Waals surface area (Å²) in [4.78, 5) is 2.11. The predicted octanol–water partition coefficient (Wildman–Crippen LogP) is 3.90. The molecule has 0 saturated heterocycles. The highest BCUT2D eigenvalue weighted by Crippen LogP contribution is 2.17. The Hall–Kier alpha value is -2.61. The van der Waals surface area contributed by atoms with E-state index in [0.717, 1.165) is 0 Å². The van der Waals surface area contributed by atoms with E-state index < -0.39 is 0 Å². The zero-order valence-electron chi connectivity index (χ0n) is 13.3. The predicted molar refractivity (Wildman–Crippen MR) is 94.8 cm³/mol. The van der Waals surface area contributed by atoms with Gasteiger partial charge in [-0.2, -0.15) is 0 Å². The largest absolute Gasteiger partial charge is 0.378 e. The molecule has 110 valence electrons. The molecule has 0 saturated carbocycles. The van der Waals surface area contributed by atoms with Gasteiger partial charge in [0.25, 0.3) is 0 Å². The molecule has 2 heteroatoms. The molecule has 1 heterocycles. The van der Waals surface area contributed by atoms with E-state index in [1.165, 1.54) is 27.7 Å². The lowest BCUT2D eigenvalue weighted by Gasteiger charge is -2.11. The molecule has 0 spiro atoms. The average molecular weight is 289 g/mol. The van der Waals surface area contributed by atoms with Crippen LogP contribution in [-0.4, -0.2) is 14.1 Å². The molecule has 2 aromatic carbocycles. The molecule has 3 rings (SSSR count). The molecule has 0 aliphatic heterocycles. The van der Waals surface area contributed by atoms with Gasteiger partial charge in [-0.3, -0.25) is 0 Å². The topological polar surface area (TPSA) is 7.12 Å². The summed E-state index contributed by atoms with van der Waals surface area (Å²) in [6.45, 7) is 0. The Balaban J connectivity index is 1.86. The zero-order chi connectivity index (χ0) is 15.5. The minimum absolute atomic E-state index is 1.21. The lowest BCUT2D eigenvalue weighted by Crippen LogP contribution is -2.27. The fraction of sp³-hybridized carbons (Fsp3) is 0.150. The van der Waals surface area contributed by atoms with E-state index in [4.69, 9.17) is 0 Å². The number of aryl methyl sites for hydroxylation is 1. The smallest absolute Gasteiger partial charge is 0.212 e. The van der Waals surface area contributed by atoms with Crippen molar-refractivity contribution < 1.29 is 4.57 Å². The van der Waals surface area contributed by atoms with Gasteiger partial charge in [0.2, 0.25) is 5.52 Å². The number of nitrogens with zero attached hydrogens (tertiary/aromatic N) is 2. The quantitative estimate of drug-likeness (QED) is 0.524. The number of aromatic nitrogens is 1. The fourth-order valence-corrected chi connectivity index (χ4v) is 2.56. The van der Waals surface area contributed by atoms with Crippen LogP contribution in [0.2, 0.25) is 0 Å². The molecule has 0 radical (unpaired) electrons. The highest BCUT2D eigenvalue weighted by molar-refractivity contribution is 5.81. The van der Waals surface area contributed by atoms with Crippen molar-refractivity contribution in [2.45, 2.75) is 0 Å². The molecule has 0 fully saturated rings. The van der Waals surface area contributed by atoms with Crippen molar-refractivity contribution in [1.29, 1.82) is 0 Å². The number of anilines is 1. The van der Waals surface area contributed by atoms with Gasteiger partial charge in [0, 0.05) is 37.3 Å². The summed E-state index contributed by atoms with van der Waals surface area (Å²) in [5, 5.41) is 1.26. The van der Waals surface area contributed by atoms with Crippen molar-refractivity contribution in [1.82, 2.24) is 0 Å². The van der Waals surface area contributed by atoms with E-state index in [1.54, 1.807) is 0 Å². The maximum atomic E-state index is 2.22. The molecule has 0 atom stereocenters. The van der Waals surface area contributed by atoms with Crippen molar-refractivity contribution in [3.05, 3.63) is 71.9 Å². The van der Waals surface area contributed by atoms with Crippen LogP contribution in [0, 0.1) is 0 Å². The summed E-state index contributed by atoms with van der Waals surface area (Å²) in [5.41, 5.74) is 4.89. The first-order chi connectivity index (χ1) is 10.6. The highest BCUT2D eigenvalue weighted by Gasteiger charge is 2.03. The van der Waals surface area contributed by atoms with E-state index in [0.29, 0.717) is 0 Å². The molecular formula is C20H21N2+.